The number of aromatic hydroxyl groups is 1. The molecule has 11 heteroatoms. The number of phenols is 1. The summed E-state index contributed by atoms with van der Waals surface area (Å²) in [5.74, 6) is 0.366. The van der Waals surface area contributed by atoms with Crippen LogP contribution in [0.2, 0.25) is 5.02 Å². The first-order chi connectivity index (χ1) is 17.8. The Bertz CT molecular complexity index is 1390. The number of para-hydroxylation sites is 3. The molecular formula is C26H27ClN4O5S. The third kappa shape index (κ3) is 5.83. The highest BCUT2D eigenvalue weighted by Gasteiger charge is 2.36. The van der Waals surface area contributed by atoms with Crippen LogP contribution >= 0.6 is 11.6 Å². The van der Waals surface area contributed by atoms with Gasteiger partial charge in [-0.25, -0.2) is 17.9 Å². The molecule has 2 fully saturated rings. The molecule has 0 radical (unpaired) electrons. The van der Waals surface area contributed by atoms with Gasteiger partial charge in [-0.15, -0.1) is 0 Å². The number of piperidine rings is 1. The second-order valence-corrected chi connectivity index (χ2v) is 11.2. The normalized spacial score (nSPS) is 20.8. The first-order valence-corrected chi connectivity index (χ1v) is 13.8. The number of hydrogen-bond acceptors (Lipinski definition) is 6. The lowest BCUT2D eigenvalue weighted by Crippen LogP contribution is -2.47. The van der Waals surface area contributed by atoms with Gasteiger partial charge in [-0.2, -0.15) is 0 Å². The molecule has 3 aromatic carbocycles. The van der Waals surface area contributed by atoms with Crippen LogP contribution in [0.3, 0.4) is 0 Å². The summed E-state index contributed by atoms with van der Waals surface area (Å²) < 4.78 is 34.9. The SMILES string of the molecule is O=C(Nc1ccccc1Oc1ccccc1)Nc1ccc(Cl)c(S(=O)(=O)N[C@@H]2C[C@H]3CC[C@@H](C2)N3)c1O. The smallest absolute Gasteiger partial charge is 0.323 e. The van der Waals surface area contributed by atoms with Gasteiger partial charge < -0.3 is 25.8 Å². The number of hydrogen-bond donors (Lipinski definition) is 5. The summed E-state index contributed by atoms with van der Waals surface area (Å²) >= 11 is 6.20. The number of rotatable bonds is 7. The maximum Gasteiger partial charge on any atom is 0.323 e. The molecule has 5 N–H and O–H groups in total. The van der Waals surface area contributed by atoms with Crippen molar-refractivity contribution in [1.29, 1.82) is 0 Å². The average Bonchev–Trinajstić information content (AvgIpc) is 3.20. The van der Waals surface area contributed by atoms with Crippen LogP contribution in [0.15, 0.2) is 71.6 Å². The van der Waals surface area contributed by atoms with Crippen molar-refractivity contribution in [3.8, 4) is 17.2 Å². The van der Waals surface area contributed by atoms with E-state index >= 15 is 0 Å². The molecule has 3 atom stereocenters. The molecule has 194 valence electrons. The summed E-state index contributed by atoms with van der Waals surface area (Å²) in [6, 6.07) is 18.2. The van der Waals surface area contributed by atoms with E-state index in [0.717, 1.165) is 12.8 Å². The van der Waals surface area contributed by atoms with E-state index in [4.69, 9.17) is 16.3 Å². The molecule has 0 aliphatic carbocycles. The van der Waals surface area contributed by atoms with Gasteiger partial charge in [-0.05, 0) is 62.1 Å². The van der Waals surface area contributed by atoms with Crippen LogP contribution in [-0.2, 0) is 10.0 Å². The van der Waals surface area contributed by atoms with Gasteiger partial charge in [0.2, 0.25) is 10.0 Å². The van der Waals surface area contributed by atoms with Gasteiger partial charge in [0, 0.05) is 18.1 Å². The zero-order chi connectivity index (χ0) is 26.0. The van der Waals surface area contributed by atoms with Gasteiger partial charge in [0.15, 0.2) is 11.5 Å². The van der Waals surface area contributed by atoms with Gasteiger partial charge in [0.25, 0.3) is 0 Å². The Morgan fingerprint density at radius 1 is 0.919 bits per heavy atom. The minimum Gasteiger partial charge on any atom is -0.504 e. The van der Waals surface area contributed by atoms with Gasteiger partial charge in [-0.1, -0.05) is 41.9 Å². The van der Waals surface area contributed by atoms with E-state index in [1.165, 1.54) is 12.1 Å². The maximum absolute atomic E-state index is 13.2. The van der Waals surface area contributed by atoms with E-state index in [1.54, 1.807) is 36.4 Å². The predicted molar refractivity (Wildman–Crippen MR) is 142 cm³/mol. The lowest BCUT2D eigenvalue weighted by Gasteiger charge is -2.29. The van der Waals surface area contributed by atoms with E-state index in [0.29, 0.717) is 30.0 Å². The molecule has 3 aromatic rings. The highest BCUT2D eigenvalue weighted by molar-refractivity contribution is 7.89. The summed E-state index contributed by atoms with van der Waals surface area (Å²) in [5, 5.41) is 19.3. The third-order valence-electron chi connectivity index (χ3n) is 6.50. The third-order valence-corrected chi connectivity index (χ3v) is 8.52. The number of halogens is 1. The number of carbonyl (C=O) groups is 1. The van der Waals surface area contributed by atoms with Crippen molar-refractivity contribution < 1.29 is 23.1 Å². The lowest BCUT2D eigenvalue weighted by molar-refractivity contribution is 0.262. The van der Waals surface area contributed by atoms with Crippen LogP contribution < -0.4 is 25.4 Å². The van der Waals surface area contributed by atoms with Crippen molar-refractivity contribution in [1.82, 2.24) is 10.0 Å². The summed E-state index contributed by atoms with van der Waals surface area (Å²) in [5.41, 5.74) is 0.279. The summed E-state index contributed by atoms with van der Waals surface area (Å²) in [4.78, 5) is 12.3. The van der Waals surface area contributed by atoms with Crippen LogP contribution in [0.5, 0.6) is 17.2 Å². The van der Waals surface area contributed by atoms with Crippen molar-refractivity contribution >= 4 is 39.0 Å². The largest absolute Gasteiger partial charge is 0.504 e. The number of amides is 2. The molecular weight excluding hydrogens is 516 g/mol. The molecule has 2 aliphatic heterocycles. The van der Waals surface area contributed by atoms with E-state index in [-0.39, 0.29) is 28.8 Å². The van der Waals surface area contributed by atoms with E-state index in [2.05, 4.69) is 20.7 Å². The fourth-order valence-electron chi connectivity index (χ4n) is 4.89. The number of benzene rings is 3. The van der Waals surface area contributed by atoms with Crippen LogP contribution in [0, 0.1) is 0 Å². The Balaban J connectivity index is 1.31. The Kier molecular flexibility index (Phi) is 7.25. The molecule has 5 rings (SSSR count). The Morgan fingerprint density at radius 3 is 2.30 bits per heavy atom. The van der Waals surface area contributed by atoms with Crippen LogP contribution in [0.25, 0.3) is 0 Å². The highest BCUT2D eigenvalue weighted by atomic mass is 35.5. The Labute approximate surface area is 220 Å². The molecule has 0 saturated carbocycles. The first kappa shape index (κ1) is 25.3. The van der Waals surface area contributed by atoms with Gasteiger partial charge in [0.1, 0.15) is 10.6 Å². The molecule has 2 bridgehead atoms. The minimum atomic E-state index is -4.15. The van der Waals surface area contributed by atoms with Gasteiger partial charge in [0.05, 0.1) is 16.4 Å². The summed E-state index contributed by atoms with van der Waals surface area (Å²) in [6.07, 6.45) is 3.36. The molecule has 9 nitrogen and oxygen atoms in total. The molecule has 0 spiro atoms. The van der Waals surface area contributed by atoms with Crippen LogP contribution in [-0.4, -0.2) is 37.7 Å². The predicted octanol–water partition coefficient (Wildman–Crippen LogP) is 5.04. The molecule has 2 heterocycles. The fourth-order valence-corrected chi connectivity index (χ4v) is 6.78. The van der Waals surface area contributed by atoms with Crippen molar-refractivity contribution in [3.63, 3.8) is 0 Å². The topological polar surface area (TPSA) is 129 Å². The quantitative estimate of drug-likeness (QED) is 0.266. The van der Waals surface area contributed by atoms with E-state index in [9.17, 15) is 18.3 Å². The number of ether oxygens (including phenoxy) is 1. The van der Waals surface area contributed by atoms with Gasteiger partial charge >= 0.3 is 6.03 Å². The zero-order valence-corrected chi connectivity index (χ0v) is 21.4. The second kappa shape index (κ2) is 10.6. The van der Waals surface area contributed by atoms with E-state index < -0.39 is 26.7 Å². The second-order valence-electron chi connectivity index (χ2n) is 9.19. The van der Waals surface area contributed by atoms with Crippen molar-refractivity contribution in [3.05, 3.63) is 71.8 Å². The Hall–Kier alpha value is -3.31. The van der Waals surface area contributed by atoms with E-state index in [1.807, 2.05) is 18.2 Å². The van der Waals surface area contributed by atoms with Crippen LogP contribution in [0.1, 0.15) is 25.7 Å². The molecule has 0 unspecified atom stereocenters. The van der Waals surface area contributed by atoms with Crippen LogP contribution in [0.4, 0.5) is 16.2 Å². The highest BCUT2D eigenvalue weighted by Crippen LogP contribution is 2.38. The minimum absolute atomic E-state index is 0.103. The molecule has 2 amide bonds. The maximum atomic E-state index is 13.2. The zero-order valence-electron chi connectivity index (χ0n) is 19.8. The molecule has 0 aromatic heterocycles. The number of anilines is 2. The van der Waals surface area contributed by atoms with Crippen molar-refractivity contribution in [2.75, 3.05) is 10.6 Å². The number of phenolic OH excluding ortho intramolecular Hbond substituents is 1. The van der Waals surface area contributed by atoms with Crippen molar-refractivity contribution in [2.24, 2.45) is 0 Å². The molecule has 2 saturated heterocycles. The number of nitrogens with one attached hydrogen (secondary N) is 4. The fraction of sp³-hybridized carbons (Fsp3) is 0.269. The monoisotopic (exact) mass is 542 g/mol. The number of urea groups is 1. The standard InChI is InChI=1S/C26H27ClN4O5S/c27-20-12-13-22(24(32)25(20)37(34,35)31-18-14-16-10-11-17(15-18)28-16)30-26(33)29-21-8-4-5-9-23(21)36-19-6-2-1-3-7-19/h1-9,12-13,16-18,28,31-32H,10-11,14-15H2,(H2,29,30,33)/t16-,17+,18-. The average molecular weight is 543 g/mol. The number of carbonyl (C=O) groups excluding carboxylic acids is 1. The Morgan fingerprint density at radius 2 is 1.57 bits per heavy atom. The van der Waals surface area contributed by atoms with Gasteiger partial charge in [-0.3, -0.25) is 0 Å². The summed E-state index contributed by atoms with van der Waals surface area (Å²) in [7, 11) is -4.15. The lowest BCUT2D eigenvalue weighted by atomic mass is 10.0. The number of fused-ring (bicyclic) bond motifs is 2. The molecule has 2 aliphatic rings. The first-order valence-electron chi connectivity index (χ1n) is 12.0. The summed E-state index contributed by atoms with van der Waals surface area (Å²) in [6.45, 7) is 0. The molecule has 37 heavy (non-hydrogen) atoms. The van der Waals surface area contributed by atoms with Crippen molar-refractivity contribution in [2.45, 2.75) is 48.7 Å². The number of sulfonamides is 1.